The van der Waals surface area contributed by atoms with Gasteiger partial charge in [-0.3, -0.25) is 0 Å². The standard InChI is InChI=1S/C18H15BrO2/c1-20-15-5-3-4-12(11-15)13-6-8-16-14(10-13)7-9-17(21-2)18(16)19/h3-11H,1-2H3. The first-order chi connectivity index (χ1) is 10.2. The normalized spacial score (nSPS) is 10.6. The van der Waals surface area contributed by atoms with Crippen molar-refractivity contribution in [2.45, 2.75) is 0 Å². The van der Waals surface area contributed by atoms with Gasteiger partial charge < -0.3 is 9.47 Å². The predicted octanol–water partition coefficient (Wildman–Crippen LogP) is 5.29. The number of methoxy groups -OCH3 is 2. The zero-order valence-electron chi connectivity index (χ0n) is 11.9. The number of rotatable bonds is 3. The van der Waals surface area contributed by atoms with Crippen molar-refractivity contribution in [2.75, 3.05) is 14.2 Å². The van der Waals surface area contributed by atoms with E-state index in [1.807, 2.05) is 24.3 Å². The van der Waals surface area contributed by atoms with Gasteiger partial charge in [-0.25, -0.2) is 0 Å². The second kappa shape index (κ2) is 5.78. The van der Waals surface area contributed by atoms with E-state index < -0.39 is 0 Å². The van der Waals surface area contributed by atoms with Gasteiger partial charge in [-0.2, -0.15) is 0 Å². The van der Waals surface area contributed by atoms with E-state index in [0.717, 1.165) is 26.9 Å². The van der Waals surface area contributed by atoms with Crippen molar-refractivity contribution in [1.82, 2.24) is 0 Å². The Balaban J connectivity index is 2.13. The highest BCUT2D eigenvalue weighted by molar-refractivity contribution is 9.10. The molecule has 0 heterocycles. The van der Waals surface area contributed by atoms with Gasteiger partial charge >= 0.3 is 0 Å². The average molecular weight is 343 g/mol. The molecule has 0 aromatic heterocycles. The Morgan fingerprint density at radius 3 is 2.38 bits per heavy atom. The van der Waals surface area contributed by atoms with Gasteiger partial charge in [0.1, 0.15) is 11.5 Å². The summed E-state index contributed by atoms with van der Waals surface area (Å²) in [7, 11) is 3.36. The molecule has 0 saturated heterocycles. The van der Waals surface area contributed by atoms with Crippen LogP contribution in [-0.2, 0) is 0 Å². The fourth-order valence-corrected chi connectivity index (χ4v) is 3.07. The lowest BCUT2D eigenvalue weighted by molar-refractivity contribution is 0.413. The van der Waals surface area contributed by atoms with Gasteiger partial charge in [-0.15, -0.1) is 0 Å². The number of fused-ring (bicyclic) bond motifs is 1. The molecule has 0 saturated carbocycles. The molecule has 0 aliphatic heterocycles. The SMILES string of the molecule is COc1cccc(-c2ccc3c(Br)c(OC)ccc3c2)c1. The number of ether oxygens (including phenoxy) is 2. The van der Waals surface area contributed by atoms with Crippen molar-refractivity contribution in [1.29, 1.82) is 0 Å². The topological polar surface area (TPSA) is 18.5 Å². The van der Waals surface area contributed by atoms with Crippen LogP contribution in [0.1, 0.15) is 0 Å². The van der Waals surface area contributed by atoms with Gasteiger partial charge in [0.25, 0.3) is 0 Å². The van der Waals surface area contributed by atoms with Crippen LogP contribution in [0, 0.1) is 0 Å². The molecule has 0 aliphatic rings. The summed E-state index contributed by atoms with van der Waals surface area (Å²) in [5.74, 6) is 1.71. The van der Waals surface area contributed by atoms with Gasteiger partial charge in [0.2, 0.25) is 0 Å². The van der Waals surface area contributed by atoms with E-state index in [1.54, 1.807) is 14.2 Å². The van der Waals surface area contributed by atoms with Crippen LogP contribution in [0.5, 0.6) is 11.5 Å². The second-order valence-corrected chi connectivity index (χ2v) is 5.54. The first-order valence-electron chi connectivity index (χ1n) is 6.63. The smallest absolute Gasteiger partial charge is 0.133 e. The Labute approximate surface area is 132 Å². The molecule has 0 N–H and O–H groups in total. The molecule has 0 spiro atoms. The molecule has 0 amide bonds. The van der Waals surface area contributed by atoms with E-state index >= 15 is 0 Å². The highest BCUT2D eigenvalue weighted by Crippen LogP contribution is 2.35. The average Bonchev–Trinajstić information content (AvgIpc) is 2.55. The van der Waals surface area contributed by atoms with E-state index in [4.69, 9.17) is 9.47 Å². The molecular formula is C18H15BrO2. The third kappa shape index (κ3) is 2.61. The lowest BCUT2D eigenvalue weighted by atomic mass is 10.0. The molecule has 0 aliphatic carbocycles. The van der Waals surface area contributed by atoms with E-state index in [-0.39, 0.29) is 0 Å². The van der Waals surface area contributed by atoms with Crippen LogP contribution in [0.2, 0.25) is 0 Å². The van der Waals surface area contributed by atoms with Crippen LogP contribution in [0.4, 0.5) is 0 Å². The molecule has 0 bridgehead atoms. The summed E-state index contributed by atoms with van der Waals surface area (Å²) in [4.78, 5) is 0. The first-order valence-corrected chi connectivity index (χ1v) is 7.43. The molecule has 0 atom stereocenters. The highest BCUT2D eigenvalue weighted by Gasteiger charge is 2.07. The Kier molecular flexibility index (Phi) is 3.84. The summed E-state index contributed by atoms with van der Waals surface area (Å²) in [6, 6.07) is 18.5. The van der Waals surface area contributed by atoms with E-state index in [0.29, 0.717) is 0 Å². The van der Waals surface area contributed by atoms with E-state index in [2.05, 4.69) is 46.3 Å². The van der Waals surface area contributed by atoms with Crippen LogP contribution in [0.15, 0.2) is 59.1 Å². The fourth-order valence-electron chi connectivity index (χ4n) is 2.41. The maximum atomic E-state index is 5.33. The third-order valence-corrected chi connectivity index (χ3v) is 4.36. The van der Waals surface area contributed by atoms with Gasteiger partial charge in [-0.1, -0.05) is 30.3 Å². The van der Waals surface area contributed by atoms with Crippen molar-refractivity contribution in [3.63, 3.8) is 0 Å². The molecule has 3 heteroatoms. The van der Waals surface area contributed by atoms with Crippen LogP contribution in [0.3, 0.4) is 0 Å². The Hall–Kier alpha value is -2.00. The minimum absolute atomic E-state index is 0.844. The molecule has 3 aromatic carbocycles. The van der Waals surface area contributed by atoms with Gasteiger partial charge in [0, 0.05) is 0 Å². The monoisotopic (exact) mass is 342 g/mol. The predicted molar refractivity (Wildman–Crippen MR) is 90.2 cm³/mol. The fraction of sp³-hybridized carbons (Fsp3) is 0.111. The van der Waals surface area contributed by atoms with Gasteiger partial charge in [0.05, 0.1) is 18.7 Å². The Morgan fingerprint density at radius 1 is 0.810 bits per heavy atom. The minimum atomic E-state index is 0.844. The van der Waals surface area contributed by atoms with Crippen molar-refractivity contribution in [3.8, 4) is 22.6 Å². The van der Waals surface area contributed by atoms with Crippen molar-refractivity contribution in [2.24, 2.45) is 0 Å². The van der Waals surface area contributed by atoms with Crippen LogP contribution in [0.25, 0.3) is 21.9 Å². The van der Waals surface area contributed by atoms with Gasteiger partial charge in [-0.05, 0) is 62.1 Å². The minimum Gasteiger partial charge on any atom is -0.497 e. The lowest BCUT2D eigenvalue weighted by Crippen LogP contribution is -1.87. The van der Waals surface area contributed by atoms with Crippen LogP contribution >= 0.6 is 15.9 Å². The maximum absolute atomic E-state index is 5.33. The molecule has 3 aromatic rings. The number of hydrogen-bond acceptors (Lipinski definition) is 2. The first kappa shape index (κ1) is 14.0. The van der Waals surface area contributed by atoms with Crippen LogP contribution < -0.4 is 9.47 Å². The van der Waals surface area contributed by atoms with Gasteiger partial charge in [0.15, 0.2) is 0 Å². The van der Waals surface area contributed by atoms with Crippen molar-refractivity contribution < 1.29 is 9.47 Å². The molecule has 0 unspecified atom stereocenters. The second-order valence-electron chi connectivity index (χ2n) is 4.75. The summed E-state index contributed by atoms with van der Waals surface area (Å²) >= 11 is 3.60. The summed E-state index contributed by atoms with van der Waals surface area (Å²) in [5.41, 5.74) is 2.31. The molecular weight excluding hydrogens is 328 g/mol. The summed E-state index contributed by atoms with van der Waals surface area (Å²) in [6.45, 7) is 0. The molecule has 0 fully saturated rings. The van der Waals surface area contributed by atoms with Crippen molar-refractivity contribution >= 4 is 26.7 Å². The molecule has 2 nitrogen and oxygen atoms in total. The summed E-state index contributed by atoms with van der Waals surface area (Å²) < 4.78 is 11.6. The summed E-state index contributed by atoms with van der Waals surface area (Å²) in [5, 5.41) is 2.31. The van der Waals surface area contributed by atoms with E-state index in [1.165, 1.54) is 10.9 Å². The highest BCUT2D eigenvalue weighted by atomic mass is 79.9. The quantitative estimate of drug-likeness (QED) is 0.644. The van der Waals surface area contributed by atoms with E-state index in [9.17, 15) is 0 Å². The number of hydrogen-bond donors (Lipinski definition) is 0. The number of benzene rings is 3. The molecule has 3 rings (SSSR count). The summed E-state index contributed by atoms with van der Waals surface area (Å²) in [6.07, 6.45) is 0. The molecule has 0 radical (unpaired) electrons. The zero-order chi connectivity index (χ0) is 14.8. The van der Waals surface area contributed by atoms with Crippen LogP contribution in [-0.4, -0.2) is 14.2 Å². The third-order valence-electron chi connectivity index (χ3n) is 3.54. The molecule has 21 heavy (non-hydrogen) atoms. The van der Waals surface area contributed by atoms with Crippen molar-refractivity contribution in [3.05, 3.63) is 59.1 Å². The lowest BCUT2D eigenvalue weighted by Gasteiger charge is -2.09. The number of halogens is 1. The maximum Gasteiger partial charge on any atom is 0.133 e. The molecule has 106 valence electrons. The Bertz CT molecular complexity index is 796. The Morgan fingerprint density at radius 2 is 1.62 bits per heavy atom. The zero-order valence-corrected chi connectivity index (χ0v) is 13.5. The largest absolute Gasteiger partial charge is 0.497 e.